The standard InChI is InChI=1S/C21H22BrN3O2S2/c1-13-5-3-4-8-25(13)19(26)12-24-11-14(16-10-15(22)6-7-17(16)24)9-18-20(27)23(2)21(28)29-18/h6-7,9-11,13H,3-5,8,12H2,1-2H3/b18-9-/t13-/m0/s1. The van der Waals surface area contributed by atoms with Gasteiger partial charge in [0.05, 0.1) is 4.91 Å². The zero-order valence-electron chi connectivity index (χ0n) is 16.4. The summed E-state index contributed by atoms with van der Waals surface area (Å²) in [5.41, 5.74) is 1.89. The first kappa shape index (κ1) is 20.6. The topological polar surface area (TPSA) is 45.6 Å². The van der Waals surface area contributed by atoms with Crippen molar-refractivity contribution in [3.8, 4) is 0 Å². The fourth-order valence-corrected chi connectivity index (χ4v) is 5.47. The first-order valence-electron chi connectivity index (χ1n) is 9.64. The number of fused-ring (bicyclic) bond motifs is 1. The van der Waals surface area contributed by atoms with E-state index in [1.807, 2.05) is 39.9 Å². The summed E-state index contributed by atoms with van der Waals surface area (Å²) >= 11 is 10.1. The number of likely N-dealkylation sites (N-methyl/N-ethyl adjacent to an activating group) is 1. The van der Waals surface area contributed by atoms with E-state index >= 15 is 0 Å². The van der Waals surface area contributed by atoms with Gasteiger partial charge in [-0.2, -0.15) is 0 Å². The normalized spacial score (nSPS) is 21.6. The van der Waals surface area contributed by atoms with Crippen molar-refractivity contribution in [2.24, 2.45) is 0 Å². The van der Waals surface area contributed by atoms with E-state index in [0.29, 0.717) is 15.8 Å². The highest BCUT2D eigenvalue weighted by molar-refractivity contribution is 9.10. The average Bonchev–Trinajstić information content (AvgIpc) is 3.14. The lowest BCUT2D eigenvalue weighted by Gasteiger charge is -2.33. The van der Waals surface area contributed by atoms with Gasteiger partial charge < -0.3 is 9.47 Å². The zero-order chi connectivity index (χ0) is 20.7. The summed E-state index contributed by atoms with van der Waals surface area (Å²) in [6.07, 6.45) is 7.16. The molecule has 1 aromatic heterocycles. The third-order valence-corrected chi connectivity index (χ3v) is 7.55. The molecule has 2 aliphatic rings. The molecular weight excluding hydrogens is 470 g/mol. The van der Waals surface area contributed by atoms with Crippen molar-refractivity contribution in [2.75, 3.05) is 13.6 Å². The number of hydrogen-bond acceptors (Lipinski definition) is 4. The quantitative estimate of drug-likeness (QED) is 0.463. The fraction of sp³-hybridized carbons (Fsp3) is 0.381. The molecule has 1 atom stereocenters. The molecule has 0 bridgehead atoms. The minimum absolute atomic E-state index is 0.0888. The molecule has 8 heteroatoms. The molecular formula is C21H22BrN3O2S2. The number of amides is 2. The van der Waals surface area contributed by atoms with Gasteiger partial charge in [0.1, 0.15) is 10.9 Å². The molecule has 2 saturated heterocycles. The lowest BCUT2D eigenvalue weighted by Crippen LogP contribution is -2.43. The number of thiocarbonyl (C=S) groups is 1. The molecule has 2 aromatic rings. The second-order valence-corrected chi connectivity index (χ2v) is 10.1. The van der Waals surface area contributed by atoms with Crippen LogP contribution < -0.4 is 0 Å². The predicted octanol–water partition coefficient (Wildman–Crippen LogP) is 4.64. The zero-order valence-corrected chi connectivity index (χ0v) is 19.6. The van der Waals surface area contributed by atoms with Crippen LogP contribution in [0.25, 0.3) is 17.0 Å². The van der Waals surface area contributed by atoms with Gasteiger partial charge in [-0.05, 0) is 50.5 Å². The molecule has 2 aliphatic heterocycles. The van der Waals surface area contributed by atoms with Crippen molar-refractivity contribution >= 4 is 73.0 Å². The van der Waals surface area contributed by atoms with Crippen LogP contribution in [0, 0.1) is 0 Å². The molecule has 0 N–H and O–H groups in total. The molecule has 2 fully saturated rings. The predicted molar refractivity (Wildman–Crippen MR) is 126 cm³/mol. The van der Waals surface area contributed by atoms with E-state index in [9.17, 15) is 9.59 Å². The van der Waals surface area contributed by atoms with E-state index in [-0.39, 0.29) is 17.9 Å². The lowest BCUT2D eigenvalue weighted by molar-refractivity contribution is -0.135. The number of carbonyl (C=O) groups excluding carboxylic acids is 2. The van der Waals surface area contributed by atoms with Gasteiger partial charge >= 0.3 is 0 Å². The summed E-state index contributed by atoms with van der Waals surface area (Å²) in [4.78, 5) is 29.5. The van der Waals surface area contributed by atoms with Crippen LogP contribution in [0.2, 0.25) is 0 Å². The molecule has 0 aliphatic carbocycles. The van der Waals surface area contributed by atoms with Crippen LogP contribution in [0.4, 0.5) is 0 Å². The summed E-state index contributed by atoms with van der Waals surface area (Å²) < 4.78 is 3.50. The maximum atomic E-state index is 13.0. The number of halogens is 1. The molecule has 0 spiro atoms. The van der Waals surface area contributed by atoms with E-state index in [1.165, 1.54) is 23.1 Å². The Bertz CT molecular complexity index is 1050. The third kappa shape index (κ3) is 4.02. The molecule has 0 radical (unpaired) electrons. The van der Waals surface area contributed by atoms with Crippen LogP contribution in [0.5, 0.6) is 0 Å². The van der Waals surface area contributed by atoms with Crippen LogP contribution in [-0.4, -0.2) is 50.1 Å². The van der Waals surface area contributed by atoms with Gasteiger partial charge in [0.2, 0.25) is 5.91 Å². The molecule has 3 heterocycles. The average molecular weight is 492 g/mol. The highest BCUT2D eigenvalue weighted by Gasteiger charge is 2.29. The van der Waals surface area contributed by atoms with E-state index in [0.717, 1.165) is 40.3 Å². The van der Waals surface area contributed by atoms with E-state index in [2.05, 4.69) is 22.9 Å². The van der Waals surface area contributed by atoms with Gasteiger partial charge in [-0.15, -0.1) is 0 Å². The number of carbonyl (C=O) groups is 2. The molecule has 29 heavy (non-hydrogen) atoms. The SMILES string of the molecule is C[C@H]1CCCCN1C(=O)Cn1cc(/C=C2\SC(=S)N(C)C2=O)c2cc(Br)ccc21. The van der Waals surface area contributed by atoms with Gasteiger partial charge in [-0.25, -0.2) is 0 Å². The minimum Gasteiger partial charge on any atom is -0.338 e. The van der Waals surface area contributed by atoms with Crippen LogP contribution >= 0.6 is 39.9 Å². The monoisotopic (exact) mass is 491 g/mol. The number of benzene rings is 1. The van der Waals surface area contributed by atoms with Gasteiger partial charge in [-0.1, -0.05) is 39.9 Å². The Balaban J connectivity index is 1.70. The Kier molecular flexibility index (Phi) is 5.86. The number of rotatable bonds is 3. The number of thioether (sulfide) groups is 1. The summed E-state index contributed by atoms with van der Waals surface area (Å²) in [5, 5.41) is 1.00. The van der Waals surface area contributed by atoms with Crippen LogP contribution in [0.15, 0.2) is 33.8 Å². The first-order chi connectivity index (χ1) is 13.8. The molecule has 0 unspecified atom stereocenters. The van der Waals surface area contributed by atoms with Crippen LogP contribution in [-0.2, 0) is 16.1 Å². The first-order valence-corrected chi connectivity index (χ1v) is 11.7. The molecule has 152 valence electrons. The molecule has 4 rings (SSSR count). The summed E-state index contributed by atoms with van der Waals surface area (Å²) in [6, 6.07) is 6.30. The fourth-order valence-electron chi connectivity index (χ4n) is 3.93. The Hall–Kier alpha value is -1.64. The maximum absolute atomic E-state index is 13.0. The maximum Gasteiger partial charge on any atom is 0.265 e. The number of hydrogen-bond donors (Lipinski definition) is 0. The summed E-state index contributed by atoms with van der Waals surface area (Å²) in [6.45, 7) is 3.25. The Morgan fingerprint density at radius 3 is 2.86 bits per heavy atom. The summed E-state index contributed by atoms with van der Waals surface area (Å²) in [7, 11) is 1.69. The van der Waals surface area contributed by atoms with Crippen molar-refractivity contribution in [1.29, 1.82) is 0 Å². The Morgan fingerprint density at radius 2 is 2.17 bits per heavy atom. The van der Waals surface area contributed by atoms with Gasteiger partial charge in [0.15, 0.2) is 0 Å². The number of likely N-dealkylation sites (tertiary alicyclic amines) is 1. The van der Waals surface area contributed by atoms with Crippen molar-refractivity contribution < 1.29 is 9.59 Å². The minimum atomic E-state index is -0.0888. The largest absolute Gasteiger partial charge is 0.338 e. The van der Waals surface area contributed by atoms with Gasteiger partial charge in [0, 0.05) is 46.8 Å². The molecule has 0 saturated carbocycles. The van der Waals surface area contributed by atoms with E-state index < -0.39 is 0 Å². The van der Waals surface area contributed by atoms with Crippen LogP contribution in [0.1, 0.15) is 31.7 Å². The second kappa shape index (κ2) is 8.24. The Labute approximate surface area is 188 Å². The second-order valence-electron chi connectivity index (χ2n) is 7.55. The lowest BCUT2D eigenvalue weighted by atomic mass is 10.0. The van der Waals surface area contributed by atoms with Crippen LogP contribution in [0.3, 0.4) is 0 Å². The highest BCUT2D eigenvalue weighted by atomic mass is 79.9. The number of nitrogens with zero attached hydrogens (tertiary/aromatic N) is 3. The Morgan fingerprint density at radius 1 is 1.38 bits per heavy atom. The molecule has 1 aromatic carbocycles. The highest BCUT2D eigenvalue weighted by Crippen LogP contribution is 2.34. The van der Waals surface area contributed by atoms with Crippen molar-refractivity contribution in [3.05, 3.63) is 39.3 Å². The van der Waals surface area contributed by atoms with Gasteiger partial charge in [0.25, 0.3) is 5.91 Å². The van der Waals surface area contributed by atoms with Crippen molar-refractivity contribution in [3.63, 3.8) is 0 Å². The van der Waals surface area contributed by atoms with E-state index in [4.69, 9.17) is 12.2 Å². The number of aromatic nitrogens is 1. The van der Waals surface area contributed by atoms with Gasteiger partial charge in [-0.3, -0.25) is 14.5 Å². The smallest absolute Gasteiger partial charge is 0.265 e. The van der Waals surface area contributed by atoms with E-state index in [1.54, 1.807) is 7.05 Å². The van der Waals surface area contributed by atoms with Crippen molar-refractivity contribution in [1.82, 2.24) is 14.4 Å². The molecule has 5 nitrogen and oxygen atoms in total. The summed E-state index contributed by atoms with van der Waals surface area (Å²) in [5.74, 6) is 0.0533. The molecule has 2 amide bonds. The number of piperidine rings is 1. The van der Waals surface area contributed by atoms with Crippen molar-refractivity contribution in [2.45, 2.75) is 38.8 Å². The third-order valence-electron chi connectivity index (χ3n) is 5.58.